The third-order valence-electron chi connectivity index (χ3n) is 5.52. The van der Waals surface area contributed by atoms with Gasteiger partial charge in [-0.15, -0.1) is 11.3 Å². The zero-order valence-electron chi connectivity index (χ0n) is 15.1. The van der Waals surface area contributed by atoms with Crippen LogP contribution in [-0.2, 0) is 6.54 Å². The van der Waals surface area contributed by atoms with Crippen molar-refractivity contribution < 1.29 is 8.87 Å². The molecule has 6 heteroatoms. The van der Waals surface area contributed by atoms with Gasteiger partial charge < -0.3 is 9.47 Å². The molecule has 1 aromatic carbocycles. The smallest absolute Gasteiger partial charge is 0.260 e. The van der Waals surface area contributed by atoms with E-state index >= 15 is 0 Å². The van der Waals surface area contributed by atoms with E-state index in [0.29, 0.717) is 11.4 Å². The molecule has 0 unspecified atom stereocenters. The average molecular weight is 372 g/mol. The van der Waals surface area contributed by atoms with Gasteiger partial charge in [-0.2, -0.15) is 0 Å². The summed E-state index contributed by atoms with van der Waals surface area (Å²) in [7, 11) is 4.44. The second kappa shape index (κ2) is 6.59. The number of nitrogens with one attached hydrogen (secondary N) is 1. The molecule has 3 aromatic rings. The van der Waals surface area contributed by atoms with Crippen LogP contribution in [0.25, 0.3) is 21.3 Å². The molecule has 0 atom stereocenters. The fourth-order valence-electron chi connectivity index (χ4n) is 4.03. The summed E-state index contributed by atoms with van der Waals surface area (Å²) in [4.78, 5) is 21.2. The van der Waals surface area contributed by atoms with E-state index in [2.05, 4.69) is 19.1 Å². The molecule has 1 saturated carbocycles. The summed E-state index contributed by atoms with van der Waals surface area (Å²) in [6, 6.07) is 6.86. The number of rotatable bonds is 4. The number of halogens is 1. The molecule has 0 spiro atoms. The number of hydrogen-bond donors (Lipinski definition) is 1. The minimum atomic E-state index is -0.283. The first-order chi connectivity index (χ1) is 12.4. The van der Waals surface area contributed by atoms with Gasteiger partial charge in [0.2, 0.25) is 0 Å². The van der Waals surface area contributed by atoms with Gasteiger partial charge in [0, 0.05) is 10.9 Å². The number of nitrogens with zero attached hydrogens (tertiary/aromatic N) is 2. The quantitative estimate of drug-likeness (QED) is 0.694. The van der Waals surface area contributed by atoms with Crippen molar-refractivity contribution in [2.75, 3.05) is 14.1 Å². The summed E-state index contributed by atoms with van der Waals surface area (Å²) >= 11 is 1.47. The molecule has 0 radical (unpaired) electrons. The number of aromatic nitrogens is 2. The number of benzene rings is 1. The van der Waals surface area contributed by atoms with Gasteiger partial charge in [-0.1, -0.05) is 12.1 Å². The van der Waals surface area contributed by atoms with Crippen molar-refractivity contribution in [3.05, 3.63) is 51.6 Å². The van der Waals surface area contributed by atoms with Crippen molar-refractivity contribution in [3.8, 4) is 11.1 Å². The van der Waals surface area contributed by atoms with Crippen molar-refractivity contribution in [1.29, 1.82) is 0 Å². The fraction of sp³-hybridized carbons (Fsp3) is 0.400. The van der Waals surface area contributed by atoms with Crippen molar-refractivity contribution in [1.82, 2.24) is 9.97 Å². The molecule has 26 heavy (non-hydrogen) atoms. The normalized spacial score (nSPS) is 15.8. The lowest BCUT2D eigenvalue weighted by Crippen LogP contribution is -2.47. The van der Waals surface area contributed by atoms with Crippen molar-refractivity contribution >= 4 is 21.6 Å². The van der Waals surface area contributed by atoms with Gasteiger partial charge in [0.15, 0.2) is 5.82 Å². The number of aromatic amines is 1. The van der Waals surface area contributed by atoms with E-state index in [-0.39, 0.29) is 11.4 Å². The fourth-order valence-corrected chi connectivity index (χ4v) is 5.00. The minimum absolute atomic E-state index is 0.114. The Morgan fingerprint density at radius 2 is 1.92 bits per heavy atom. The van der Waals surface area contributed by atoms with Gasteiger partial charge in [0.1, 0.15) is 17.2 Å². The Hall–Kier alpha value is -2.05. The summed E-state index contributed by atoms with van der Waals surface area (Å²) in [5, 5.41) is 2.53. The molecule has 1 fully saturated rings. The Balaban J connectivity index is 1.70. The van der Waals surface area contributed by atoms with Crippen molar-refractivity contribution in [2.24, 2.45) is 0 Å². The number of quaternary nitrogens is 1. The van der Waals surface area contributed by atoms with E-state index < -0.39 is 0 Å². The van der Waals surface area contributed by atoms with Crippen LogP contribution < -0.4 is 5.56 Å². The van der Waals surface area contributed by atoms with Crippen molar-refractivity contribution in [2.45, 2.75) is 38.3 Å². The Morgan fingerprint density at radius 1 is 1.23 bits per heavy atom. The highest BCUT2D eigenvalue weighted by molar-refractivity contribution is 7.17. The standard InChI is InChI=1S/C20H22FN3OS/c1-24(2,15-5-3-4-6-15)11-17-22-19(25)18-16(12-26-20(18)23-17)13-7-9-14(21)10-8-13/h7-10,12,15H,3-6,11H2,1-2H3/p+1. The Kier molecular flexibility index (Phi) is 4.40. The summed E-state index contributed by atoms with van der Waals surface area (Å²) in [5.74, 6) is 0.460. The maximum atomic E-state index is 13.2. The van der Waals surface area contributed by atoms with Gasteiger partial charge in [-0.05, 0) is 43.4 Å². The van der Waals surface area contributed by atoms with Crippen LogP contribution >= 0.6 is 11.3 Å². The SMILES string of the molecule is C[N+](C)(Cc1nc2scc(-c3ccc(F)cc3)c2c(=O)[nH]1)C1CCCC1. The summed E-state index contributed by atoms with van der Waals surface area (Å²) in [6.07, 6.45) is 5.07. The molecule has 0 aliphatic heterocycles. The summed E-state index contributed by atoms with van der Waals surface area (Å²) in [6.45, 7) is 0.722. The summed E-state index contributed by atoms with van der Waals surface area (Å²) < 4.78 is 14.0. The highest BCUT2D eigenvalue weighted by atomic mass is 32.1. The molecule has 2 heterocycles. The second-order valence-corrected chi connectivity index (χ2v) is 8.58. The van der Waals surface area contributed by atoms with E-state index in [1.807, 2.05) is 5.38 Å². The predicted molar refractivity (Wildman–Crippen MR) is 104 cm³/mol. The van der Waals surface area contributed by atoms with Crippen LogP contribution in [0.5, 0.6) is 0 Å². The molecule has 4 nitrogen and oxygen atoms in total. The van der Waals surface area contributed by atoms with Gasteiger partial charge in [0.25, 0.3) is 5.56 Å². The van der Waals surface area contributed by atoms with Crippen LogP contribution in [0, 0.1) is 5.82 Å². The zero-order chi connectivity index (χ0) is 18.3. The number of H-pyrrole nitrogens is 1. The van der Waals surface area contributed by atoms with Crippen LogP contribution in [0.3, 0.4) is 0 Å². The molecule has 0 bridgehead atoms. The maximum Gasteiger partial charge on any atom is 0.260 e. The molecule has 0 saturated heterocycles. The van der Waals surface area contributed by atoms with E-state index in [1.165, 1.54) is 49.2 Å². The van der Waals surface area contributed by atoms with Gasteiger partial charge in [-0.25, -0.2) is 9.37 Å². The second-order valence-electron chi connectivity index (χ2n) is 7.72. The van der Waals surface area contributed by atoms with E-state index in [9.17, 15) is 9.18 Å². The lowest BCUT2D eigenvalue weighted by Gasteiger charge is -2.35. The Bertz CT molecular complexity index is 984. The summed E-state index contributed by atoms with van der Waals surface area (Å²) in [5.41, 5.74) is 1.53. The third-order valence-corrected chi connectivity index (χ3v) is 6.39. The monoisotopic (exact) mass is 372 g/mol. The molecular weight excluding hydrogens is 349 g/mol. The van der Waals surface area contributed by atoms with Crippen LogP contribution in [0.1, 0.15) is 31.5 Å². The highest BCUT2D eigenvalue weighted by Crippen LogP contribution is 2.32. The molecule has 2 aromatic heterocycles. The predicted octanol–water partition coefficient (Wildman–Crippen LogP) is 4.31. The van der Waals surface area contributed by atoms with Crippen LogP contribution in [0.15, 0.2) is 34.4 Å². The maximum absolute atomic E-state index is 13.2. The molecule has 1 aliphatic rings. The zero-order valence-corrected chi connectivity index (χ0v) is 15.9. The lowest BCUT2D eigenvalue weighted by molar-refractivity contribution is -0.927. The minimum Gasteiger partial charge on any atom is -0.320 e. The largest absolute Gasteiger partial charge is 0.320 e. The first kappa shape index (κ1) is 17.4. The van der Waals surface area contributed by atoms with E-state index in [0.717, 1.165) is 32.8 Å². The number of thiophene rings is 1. The van der Waals surface area contributed by atoms with Crippen LogP contribution in [-0.4, -0.2) is 34.6 Å². The molecule has 1 aliphatic carbocycles. The third kappa shape index (κ3) is 3.19. The molecule has 1 N–H and O–H groups in total. The van der Waals surface area contributed by atoms with Crippen molar-refractivity contribution in [3.63, 3.8) is 0 Å². The Morgan fingerprint density at radius 3 is 2.62 bits per heavy atom. The molecule has 4 rings (SSSR count). The topological polar surface area (TPSA) is 45.8 Å². The molecule has 0 amide bonds. The van der Waals surface area contributed by atoms with E-state index in [4.69, 9.17) is 4.98 Å². The molecular formula is C20H23FN3OS+. The first-order valence-electron chi connectivity index (χ1n) is 9.03. The number of hydrogen-bond acceptors (Lipinski definition) is 3. The average Bonchev–Trinajstić information content (AvgIpc) is 3.25. The molecule has 136 valence electrons. The van der Waals surface area contributed by atoms with Gasteiger partial charge in [0.05, 0.1) is 25.5 Å². The van der Waals surface area contributed by atoms with Gasteiger partial charge in [-0.3, -0.25) is 4.79 Å². The first-order valence-corrected chi connectivity index (χ1v) is 9.91. The van der Waals surface area contributed by atoms with E-state index in [1.54, 1.807) is 12.1 Å². The van der Waals surface area contributed by atoms with Crippen LogP contribution in [0.2, 0.25) is 0 Å². The lowest BCUT2D eigenvalue weighted by atomic mass is 10.1. The Labute approximate surface area is 155 Å². The highest BCUT2D eigenvalue weighted by Gasteiger charge is 2.32. The number of fused-ring (bicyclic) bond motifs is 1. The van der Waals surface area contributed by atoms with Gasteiger partial charge >= 0.3 is 0 Å². The van der Waals surface area contributed by atoms with Crippen LogP contribution in [0.4, 0.5) is 4.39 Å².